The molecular formula is C15H16N2O2. The summed E-state index contributed by atoms with van der Waals surface area (Å²) < 4.78 is 11.4. The summed E-state index contributed by atoms with van der Waals surface area (Å²) in [5.41, 5.74) is 1.95. The quantitative estimate of drug-likeness (QED) is 0.847. The fourth-order valence-corrected chi connectivity index (χ4v) is 2.21. The Hall–Kier alpha value is -2.10. The first-order chi connectivity index (χ1) is 9.28. The molecular weight excluding hydrogens is 240 g/mol. The smallest absolute Gasteiger partial charge is 0.224 e. The van der Waals surface area contributed by atoms with E-state index >= 15 is 0 Å². The lowest BCUT2D eigenvalue weighted by molar-refractivity contribution is 0.246. The molecule has 0 N–H and O–H groups in total. The molecule has 4 nitrogen and oxygen atoms in total. The minimum Gasteiger partial charge on any atom is -0.478 e. The molecule has 0 radical (unpaired) electrons. The summed E-state index contributed by atoms with van der Waals surface area (Å²) in [7, 11) is 0. The first-order valence-corrected chi connectivity index (χ1v) is 6.53. The molecule has 1 unspecified atom stereocenters. The molecule has 1 aliphatic heterocycles. The lowest BCUT2D eigenvalue weighted by Gasteiger charge is -2.09. The third kappa shape index (κ3) is 2.26. The Morgan fingerprint density at radius 3 is 2.79 bits per heavy atom. The largest absolute Gasteiger partial charge is 0.478 e. The second-order valence-corrected chi connectivity index (χ2v) is 4.57. The number of fused-ring (bicyclic) bond motifs is 1. The Balaban J connectivity index is 2.08. The van der Waals surface area contributed by atoms with Gasteiger partial charge in [0.05, 0.1) is 12.2 Å². The maximum absolute atomic E-state index is 5.72. The Kier molecular flexibility index (Phi) is 3.07. The van der Waals surface area contributed by atoms with Crippen molar-refractivity contribution >= 4 is 0 Å². The Morgan fingerprint density at radius 1 is 1.26 bits per heavy atom. The molecule has 0 bridgehead atoms. The van der Waals surface area contributed by atoms with Gasteiger partial charge in [0, 0.05) is 12.0 Å². The maximum Gasteiger partial charge on any atom is 0.224 e. The van der Waals surface area contributed by atoms with Crippen LogP contribution in [0, 0.1) is 0 Å². The number of ether oxygens (including phenoxy) is 2. The molecule has 2 aromatic rings. The zero-order valence-corrected chi connectivity index (χ0v) is 11.1. The van der Waals surface area contributed by atoms with Gasteiger partial charge in [-0.15, -0.1) is 0 Å². The molecule has 1 aliphatic rings. The van der Waals surface area contributed by atoms with Gasteiger partial charge in [-0.05, 0) is 13.8 Å². The van der Waals surface area contributed by atoms with Gasteiger partial charge in [-0.2, -0.15) is 9.97 Å². The van der Waals surface area contributed by atoms with Gasteiger partial charge >= 0.3 is 0 Å². The normalized spacial score (nSPS) is 16.8. The van der Waals surface area contributed by atoms with E-state index in [0.29, 0.717) is 24.2 Å². The first-order valence-electron chi connectivity index (χ1n) is 6.53. The lowest BCUT2D eigenvalue weighted by Crippen LogP contribution is -2.05. The zero-order chi connectivity index (χ0) is 13.2. The van der Waals surface area contributed by atoms with E-state index in [1.165, 1.54) is 0 Å². The van der Waals surface area contributed by atoms with Gasteiger partial charge in [-0.3, -0.25) is 0 Å². The van der Waals surface area contributed by atoms with Crippen molar-refractivity contribution in [3.63, 3.8) is 0 Å². The highest BCUT2D eigenvalue weighted by Crippen LogP contribution is 2.35. The van der Waals surface area contributed by atoms with Crippen LogP contribution in [0.15, 0.2) is 30.3 Å². The van der Waals surface area contributed by atoms with E-state index in [2.05, 4.69) is 9.97 Å². The Bertz CT molecular complexity index is 584. The number of hydrogen-bond acceptors (Lipinski definition) is 4. The molecule has 0 aliphatic carbocycles. The Morgan fingerprint density at radius 2 is 2.05 bits per heavy atom. The second kappa shape index (κ2) is 4.88. The highest BCUT2D eigenvalue weighted by atomic mass is 16.5. The molecule has 4 heteroatoms. The van der Waals surface area contributed by atoms with E-state index < -0.39 is 0 Å². The van der Waals surface area contributed by atoms with Gasteiger partial charge in [0.2, 0.25) is 11.8 Å². The van der Waals surface area contributed by atoms with Crippen LogP contribution in [0.2, 0.25) is 0 Å². The van der Waals surface area contributed by atoms with E-state index in [4.69, 9.17) is 9.47 Å². The maximum atomic E-state index is 5.72. The predicted octanol–water partition coefficient (Wildman–Crippen LogP) is 2.87. The molecule has 0 spiro atoms. The predicted molar refractivity (Wildman–Crippen MR) is 72.4 cm³/mol. The van der Waals surface area contributed by atoms with Crippen molar-refractivity contribution < 1.29 is 9.47 Å². The highest BCUT2D eigenvalue weighted by molar-refractivity contribution is 5.57. The van der Waals surface area contributed by atoms with E-state index in [-0.39, 0.29) is 6.10 Å². The summed E-state index contributed by atoms with van der Waals surface area (Å²) in [5.74, 6) is 1.96. The summed E-state index contributed by atoms with van der Waals surface area (Å²) in [6.45, 7) is 4.57. The standard InChI is InChI=1S/C15H16N2O2/c1-3-18-14-12-9-10(2)19-15(12)17-13(16-14)11-7-5-4-6-8-11/h4-8,10H,3,9H2,1-2H3. The van der Waals surface area contributed by atoms with Crippen molar-refractivity contribution in [1.29, 1.82) is 0 Å². The minimum atomic E-state index is 0.134. The summed E-state index contributed by atoms with van der Waals surface area (Å²) in [5, 5.41) is 0. The molecule has 0 fully saturated rings. The molecule has 1 aromatic heterocycles. The monoisotopic (exact) mass is 256 g/mol. The van der Waals surface area contributed by atoms with Crippen LogP contribution in [0.1, 0.15) is 19.4 Å². The Labute approximate surface area is 112 Å². The van der Waals surface area contributed by atoms with Crippen molar-refractivity contribution in [2.24, 2.45) is 0 Å². The van der Waals surface area contributed by atoms with Crippen molar-refractivity contribution in [3.8, 4) is 23.1 Å². The number of aromatic nitrogens is 2. The molecule has 2 heterocycles. The highest BCUT2D eigenvalue weighted by Gasteiger charge is 2.27. The average Bonchev–Trinajstić information content (AvgIpc) is 2.80. The number of benzene rings is 1. The van der Waals surface area contributed by atoms with Gasteiger partial charge in [0.1, 0.15) is 6.10 Å². The zero-order valence-electron chi connectivity index (χ0n) is 11.1. The third-order valence-electron chi connectivity index (χ3n) is 3.05. The van der Waals surface area contributed by atoms with Gasteiger partial charge in [0.15, 0.2) is 5.82 Å². The van der Waals surface area contributed by atoms with Crippen LogP contribution in [0.3, 0.4) is 0 Å². The van der Waals surface area contributed by atoms with E-state index in [9.17, 15) is 0 Å². The van der Waals surface area contributed by atoms with Crippen LogP contribution in [-0.2, 0) is 6.42 Å². The van der Waals surface area contributed by atoms with Gasteiger partial charge in [0.25, 0.3) is 0 Å². The van der Waals surface area contributed by atoms with Crippen molar-refractivity contribution in [2.45, 2.75) is 26.4 Å². The van der Waals surface area contributed by atoms with Crippen LogP contribution in [0.25, 0.3) is 11.4 Å². The molecule has 1 aromatic carbocycles. The van der Waals surface area contributed by atoms with Crippen molar-refractivity contribution in [1.82, 2.24) is 9.97 Å². The van der Waals surface area contributed by atoms with Gasteiger partial charge < -0.3 is 9.47 Å². The first kappa shape index (κ1) is 12.0. The van der Waals surface area contributed by atoms with E-state index in [1.54, 1.807) is 0 Å². The molecule has 0 amide bonds. The SMILES string of the molecule is CCOc1nc(-c2ccccc2)nc2c1CC(C)O2. The van der Waals surface area contributed by atoms with E-state index in [0.717, 1.165) is 17.5 Å². The summed E-state index contributed by atoms with van der Waals surface area (Å²) in [6.07, 6.45) is 0.939. The fraction of sp³-hybridized carbons (Fsp3) is 0.333. The molecule has 0 saturated carbocycles. The third-order valence-corrected chi connectivity index (χ3v) is 3.05. The van der Waals surface area contributed by atoms with Crippen LogP contribution in [0.5, 0.6) is 11.8 Å². The molecule has 98 valence electrons. The topological polar surface area (TPSA) is 44.2 Å². The molecule has 0 saturated heterocycles. The van der Waals surface area contributed by atoms with Crippen molar-refractivity contribution in [2.75, 3.05) is 6.61 Å². The number of hydrogen-bond donors (Lipinski definition) is 0. The lowest BCUT2D eigenvalue weighted by atomic mass is 10.1. The molecule has 19 heavy (non-hydrogen) atoms. The van der Waals surface area contributed by atoms with Gasteiger partial charge in [-0.25, -0.2) is 0 Å². The number of nitrogens with zero attached hydrogens (tertiary/aromatic N) is 2. The van der Waals surface area contributed by atoms with Gasteiger partial charge in [-0.1, -0.05) is 30.3 Å². The van der Waals surface area contributed by atoms with Crippen molar-refractivity contribution in [3.05, 3.63) is 35.9 Å². The molecule has 1 atom stereocenters. The van der Waals surface area contributed by atoms with E-state index in [1.807, 2.05) is 44.2 Å². The molecule has 3 rings (SSSR count). The summed E-state index contributed by atoms with van der Waals surface area (Å²) in [6, 6.07) is 9.87. The number of rotatable bonds is 3. The van der Waals surface area contributed by atoms with Crippen LogP contribution < -0.4 is 9.47 Å². The summed E-state index contributed by atoms with van der Waals surface area (Å²) in [4.78, 5) is 9.03. The average molecular weight is 256 g/mol. The van der Waals surface area contributed by atoms with Crippen LogP contribution in [-0.4, -0.2) is 22.7 Å². The summed E-state index contributed by atoms with van der Waals surface area (Å²) >= 11 is 0. The second-order valence-electron chi connectivity index (χ2n) is 4.57. The van der Waals surface area contributed by atoms with Crippen LogP contribution in [0.4, 0.5) is 0 Å². The minimum absolute atomic E-state index is 0.134. The fourth-order valence-electron chi connectivity index (χ4n) is 2.21. The van der Waals surface area contributed by atoms with Crippen LogP contribution >= 0.6 is 0 Å².